The molecule has 3 aromatic carbocycles. The topological polar surface area (TPSA) is 37.3 Å². The quantitative estimate of drug-likeness (QED) is 0.574. The Balaban J connectivity index is 1.78. The Morgan fingerprint density at radius 1 is 0.773 bits per heavy atom. The average molecular weight is 284 g/mol. The van der Waals surface area contributed by atoms with Crippen molar-refractivity contribution in [2.45, 2.75) is 0 Å². The number of carbonyl (C=O) groups is 1. The molecule has 0 saturated heterocycles. The fourth-order valence-electron chi connectivity index (χ4n) is 3.11. The maximum Gasteiger partial charge on any atom is 0.335 e. The molecule has 0 bridgehead atoms. The van der Waals surface area contributed by atoms with Crippen molar-refractivity contribution in [1.29, 1.82) is 0 Å². The van der Waals surface area contributed by atoms with Crippen LogP contribution in [0, 0.1) is 0 Å². The summed E-state index contributed by atoms with van der Waals surface area (Å²) in [6, 6.07) is 22.0. The van der Waals surface area contributed by atoms with Crippen LogP contribution in [-0.2, 0) is 0 Å². The van der Waals surface area contributed by atoms with E-state index in [0.717, 1.165) is 18.4 Å². The predicted molar refractivity (Wildman–Crippen MR) is 90.7 cm³/mol. The van der Waals surface area contributed by atoms with Crippen LogP contribution in [0.4, 0.5) is 0 Å². The van der Waals surface area contributed by atoms with Crippen LogP contribution in [0.3, 0.4) is 0 Å². The number of carboxylic acid groups (broad SMARTS) is 1. The van der Waals surface area contributed by atoms with Gasteiger partial charge in [-0.05, 0) is 40.5 Å². The van der Waals surface area contributed by atoms with Crippen LogP contribution in [0.25, 0.3) is 22.3 Å². The molecule has 0 fully saturated rings. The minimum Gasteiger partial charge on any atom is -0.478 e. The molecular formula is C19H13BO2. The Morgan fingerprint density at radius 2 is 1.45 bits per heavy atom. The van der Waals surface area contributed by atoms with Crippen molar-refractivity contribution >= 4 is 24.2 Å². The van der Waals surface area contributed by atoms with Crippen LogP contribution in [0.15, 0.2) is 66.7 Å². The molecule has 0 unspecified atom stereocenters. The highest BCUT2D eigenvalue weighted by Crippen LogP contribution is 2.26. The molecule has 0 saturated carbocycles. The maximum atomic E-state index is 10.9. The van der Waals surface area contributed by atoms with E-state index in [9.17, 15) is 4.79 Å². The van der Waals surface area contributed by atoms with Crippen molar-refractivity contribution in [3.8, 4) is 22.3 Å². The number of carboxylic acids is 1. The van der Waals surface area contributed by atoms with Gasteiger partial charge in [-0.25, -0.2) is 4.79 Å². The highest BCUT2D eigenvalue weighted by atomic mass is 16.4. The molecule has 3 aromatic rings. The van der Waals surface area contributed by atoms with Crippen molar-refractivity contribution in [2.24, 2.45) is 0 Å². The molecule has 3 heteroatoms. The van der Waals surface area contributed by atoms with E-state index in [1.54, 1.807) is 12.1 Å². The molecule has 4 rings (SSSR count). The van der Waals surface area contributed by atoms with Crippen LogP contribution in [-0.4, -0.2) is 18.4 Å². The largest absolute Gasteiger partial charge is 0.478 e. The fourth-order valence-corrected chi connectivity index (χ4v) is 3.11. The number of rotatable bonds is 2. The van der Waals surface area contributed by atoms with E-state index in [2.05, 4.69) is 42.5 Å². The third-order valence-electron chi connectivity index (χ3n) is 4.26. The van der Waals surface area contributed by atoms with E-state index in [1.807, 2.05) is 12.1 Å². The summed E-state index contributed by atoms with van der Waals surface area (Å²) < 4.78 is 0. The number of hydrogen-bond donors (Lipinski definition) is 1. The summed E-state index contributed by atoms with van der Waals surface area (Å²) >= 11 is 0. The van der Waals surface area contributed by atoms with Crippen molar-refractivity contribution in [3.05, 3.63) is 72.3 Å². The number of fused-ring (bicyclic) bond motifs is 3. The third-order valence-corrected chi connectivity index (χ3v) is 4.26. The number of benzene rings is 3. The Hall–Kier alpha value is -2.81. The van der Waals surface area contributed by atoms with E-state index >= 15 is 0 Å². The predicted octanol–water partition coefficient (Wildman–Crippen LogP) is 2.42. The molecule has 1 aliphatic heterocycles. The van der Waals surface area contributed by atoms with Crippen molar-refractivity contribution in [1.82, 2.24) is 0 Å². The first-order valence-corrected chi connectivity index (χ1v) is 7.27. The molecule has 0 radical (unpaired) electrons. The van der Waals surface area contributed by atoms with Crippen LogP contribution < -0.4 is 10.9 Å². The first kappa shape index (κ1) is 12.9. The molecule has 0 atom stereocenters. The summed E-state index contributed by atoms with van der Waals surface area (Å²) in [4.78, 5) is 10.9. The third kappa shape index (κ3) is 2.02. The highest BCUT2D eigenvalue weighted by Gasteiger charge is 2.19. The lowest BCUT2D eigenvalue weighted by molar-refractivity contribution is 0.0697. The Labute approximate surface area is 129 Å². The summed E-state index contributed by atoms with van der Waals surface area (Å²) in [6.07, 6.45) is 0. The van der Waals surface area contributed by atoms with Gasteiger partial charge in [0.25, 0.3) is 0 Å². The van der Waals surface area contributed by atoms with Gasteiger partial charge in [-0.3, -0.25) is 0 Å². The van der Waals surface area contributed by atoms with Crippen molar-refractivity contribution < 1.29 is 9.90 Å². The highest BCUT2D eigenvalue weighted by molar-refractivity contribution is 6.73. The zero-order chi connectivity index (χ0) is 15.1. The summed E-state index contributed by atoms with van der Waals surface area (Å²) in [6.45, 7) is 0. The van der Waals surface area contributed by atoms with E-state index in [-0.39, 0.29) is 0 Å². The molecule has 0 aromatic heterocycles. The minimum atomic E-state index is -0.894. The second-order valence-corrected chi connectivity index (χ2v) is 5.59. The van der Waals surface area contributed by atoms with Crippen LogP contribution >= 0.6 is 0 Å². The van der Waals surface area contributed by atoms with Gasteiger partial charge in [0.2, 0.25) is 0 Å². The summed E-state index contributed by atoms with van der Waals surface area (Å²) in [5.41, 5.74) is 7.79. The standard InChI is InChI=1S/C19H13BO2/c21-19(22)13-7-5-12(6-8-13)14-9-10-18-16(11-14)15-3-1-2-4-17(15)20-18/h1-11,20H,(H,21,22). The first-order chi connectivity index (χ1) is 10.7. The Bertz CT molecular complexity index is 882. The van der Waals surface area contributed by atoms with Crippen molar-refractivity contribution in [3.63, 3.8) is 0 Å². The van der Waals surface area contributed by atoms with Gasteiger partial charge in [-0.15, -0.1) is 0 Å². The second kappa shape index (κ2) is 4.88. The monoisotopic (exact) mass is 284 g/mol. The molecule has 0 aliphatic carbocycles. The Kier molecular flexibility index (Phi) is 2.86. The zero-order valence-electron chi connectivity index (χ0n) is 11.9. The molecule has 2 nitrogen and oxygen atoms in total. The molecular weight excluding hydrogens is 271 g/mol. The average Bonchev–Trinajstić information content (AvgIpc) is 2.92. The molecule has 104 valence electrons. The smallest absolute Gasteiger partial charge is 0.335 e. The molecule has 22 heavy (non-hydrogen) atoms. The summed E-state index contributed by atoms with van der Waals surface area (Å²) in [5.74, 6) is -0.894. The van der Waals surface area contributed by atoms with Gasteiger partial charge in [0.1, 0.15) is 0 Å². The van der Waals surface area contributed by atoms with Crippen LogP contribution in [0.2, 0.25) is 0 Å². The van der Waals surface area contributed by atoms with Crippen molar-refractivity contribution in [2.75, 3.05) is 0 Å². The van der Waals surface area contributed by atoms with E-state index in [4.69, 9.17) is 5.11 Å². The zero-order valence-corrected chi connectivity index (χ0v) is 11.9. The summed E-state index contributed by atoms with van der Waals surface area (Å²) in [5, 5.41) is 8.98. The van der Waals surface area contributed by atoms with E-state index in [1.165, 1.54) is 22.1 Å². The normalized spacial score (nSPS) is 11.5. The maximum absolute atomic E-state index is 10.9. The number of aromatic carboxylic acids is 1. The van der Waals surface area contributed by atoms with Gasteiger partial charge in [-0.2, -0.15) is 0 Å². The van der Waals surface area contributed by atoms with E-state index < -0.39 is 5.97 Å². The lowest BCUT2D eigenvalue weighted by Crippen LogP contribution is -2.20. The minimum absolute atomic E-state index is 0.315. The van der Waals surface area contributed by atoms with Gasteiger partial charge in [0, 0.05) is 0 Å². The van der Waals surface area contributed by atoms with Gasteiger partial charge in [-0.1, -0.05) is 59.5 Å². The molecule has 0 spiro atoms. The van der Waals surface area contributed by atoms with Gasteiger partial charge < -0.3 is 5.11 Å². The van der Waals surface area contributed by atoms with Gasteiger partial charge >= 0.3 is 5.97 Å². The van der Waals surface area contributed by atoms with Crippen LogP contribution in [0.5, 0.6) is 0 Å². The second-order valence-electron chi connectivity index (χ2n) is 5.59. The van der Waals surface area contributed by atoms with Gasteiger partial charge in [0.15, 0.2) is 7.28 Å². The molecule has 1 N–H and O–H groups in total. The molecule has 1 aliphatic rings. The van der Waals surface area contributed by atoms with Crippen LogP contribution in [0.1, 0.15) is 10.4 Å². The van der Waals surface area contributed by atoms with E-state index in [0.29, 0.717) is 5.56 Å². The fraction of sp³-hybridized carbons (Fsp3) is 0. The first-order valence-electron chi connectivity index (χ1n) is 7.27. The lowest BCUT2D eigenvalue weighted by Gasteiger charge is -2.07. The Morgan fingerprint density at radius 3 is 2.23 bits per heavy atom. The molecule has 0 amide bonds. The molecule has 1 heterocycles. The van der Waals surface area contributed by atoms with Gasteiger partial charge in [0.05, 0.1) is 5.56 Å². The lowest BCUT2D eigenvalue weighted by atomic mass is 9.68. The summed E-state index contributed by atoms with van der Waals surface area (Å²) in [7, 11) is 0.990. The number of hydrogen-bond acceptors (Lipinski definition) is 1. The SMILES string of the molecule is O=C(O)c1ccc(-c2ccc3c(c2)-c2ccccc2B3)cc1.